The minimum Gasteiger partial charge on any atom is -0.465 e. The van der Waals surface area contributed by atoms with E-state index in [1.807, 2.05) is 0 Å². The molecule has 0 radical (unpaired) electrons. The van der Waals surface area contributed by atoms with Crippen LogP contribution in [0.5, 0.6) is 0 Å². The summed E-state index contributed by atoms with van der Waals surface area (Å²) in [5.74, 6) is 0.788. The monoisotopic (exact) mass is 380 g/mol. The number of hydrogen-bond donors (Lipinski definition) is 1. The van der Waals surface area contributed by atoms with Crippen LogP contribution in [0.4, 0.5) is 9.18 Å². The summed E-state index contributed by atoms with van der Waals surface area (Å²) in [4.78, 5) is 21.4. The van der Waals surface area contributed by atoms with Crippen LogP contribution in [0, 0.1) is 5.41 Å². The van der Waals surface area contributed by atoms with Crippen molar-refractivity contribution in [3.63, 3.8) is 0 Å². The lowest BCUT2D eigenvalue weighted by atomic mass is 9.64. The number of oxazole rings is 1. The van der Waals surface area contributed by atoms with Crippen LogP contribution in [0.15, 0.2) is 17.0 Å². The average Bonchev–Trinajstić information content (AvgIpc) is 3.30. The van der Waals surface area contributed by atoms with Gasteiger partial charge < -0.3 is 19.3 Å². The Morgan fingerprint density at radius 2 is 2.15 bits per heavy atom. The lowest BCUT2D eigenvalue weighted by molar-refractivity contribution is -0.0172. The lowest BCUT2D eigenvalue weighted by Gasteiger charge is -2.52. The predicted octanol–water partition coefficient (Wildman–Crippen LogP) is 2.44. The van der Waals surface area contributed by atoms with E-state index in [0.29, 0.717) is 38.3 Å². The average molecular weight is 380 g/mol. The third kappa shape index (κ3) is 3.96. The Hall–Kier alpha value is -1.67. The Morgan fingerprint density at radius 3 is 2.74 bits per heavy atom. The normalized spacial score (nSPS) is 29.6. The predicted molar refractivity (Wildman–Crippen MR) is 97.2 cm³/mol. The van der Waals surface area contributed by atoms with Gasteiger partial charge >= 0.3 is 6.09 Å². The number of likely N-dealkylation sites (tertiary alicyclic amines) is 2. The van der Waals surface area contributed by atoms with Gasteiger partial charge in [0.1, 0.15) is 12.4 Å². The van der Waals surface area contributed by atoms with Gasteiger partial charge in [-0.3, -0.25) is 4.90 Å². The Morgan fingerprint density at radius 1 is 1.37 bits per heavy atom. The first-order valence-corrected chi connectivity index (χ1v) is 9.98. The molecule has 1 aromatic rings. The highest BCUT2D eigenvalue weighted by molar-refractivity contribution is 5.65. The highest BCUT2D eigenvalue weighted by atomic mass is 19.1. The van der Waals surface area contributed by atoms with Crippen molar-refractivity contribution >= 4 is 6.09 Å². The van der Waals surface area contributed by atoms with Gasteiger partial charge in [0.15, 0.2) is 6.39 Å². The summed E-state index contributed by atoms with van der Waals surface area (Å²) >= 11 is 0. The summed E-state index contributed by atoms with van der Waals surface area (Å²) < 4.78 is 18.3. The topological polar surface area (TPSA) is 73.1 Å². The first-order valence-electron chi connectivity index (χ1n) is 9.98. The number of rotatable bonds is 6. The summed E-state index contributed by atoms with van der Waals surface area (Å²) in [5, 5.41) is 9.17. The van der Waals surface area contributed by atoms with Crippen LogP contribution in [0.25, 0.3) is 0 Å². The Kier molecular flexibility index (Phi) is 5.36. The number of hydrogen-bond acceptors (Lipinski definition) is 5. The van der Waals surface area contributed by atoms with Crippen molar-refractivity contribution < 1.29 is 18.7 Å². The van der Waals surface area contributed by atoms with E-state index in [0.717, 1.165) is 51.0 Å². The maximum absolute atomic E-state index is 13.0. The number of piperidine rings is 1. The minimum absolute atomic E-state index is 0.229. The van der Waals surface area contributed by atoms with Gasteiger partial charge in [0, 0.05) is 31.7 Å². The number of carboxylic acid groups (broad SMARTS) is 1. The molecular weight excluding hydrogens is 351 g/mol. The van der Waals surface area contributed by atoms with E-state index >= 15 is 0 Å². The van der Waals surface area contributed by atoms with Crippen LogP contribution in [-0.2, 0) is 6.54 Å². The summed E-state index contributed by atoms with van der Waals surface area (Å²) in [6, 6.07) is 0.966. The third-order valence-electron chi connectivity index (χ3n) is 6.79. The maximum atomic E-state index is 13.0. The van der Waals surface area contributed by atoms with Gasteiger partial charge in [0.05, 0.1) is 12.7 Å². The standard InChI is InChI=1S/C19H29FN4O3/c20-4-8-23(12-17-11-21-14-27-17)15-1-5-22(6-2-15)16-9-19(10-16)3-7-24(13-19)18(25)26/h11,14-16H,1-10,12-13H2,(H,25,26). The molecule has 2 saturated heterocycles. The quantitative estimate of drug-likeness (QED) is 0.817. The Labute approximate surface area is 159 Å². The molecule has 1 aliphatic carbocycles. The van der Waals surface area contributed by atoms with Crippen LogP contribution in [-0.4, -0.2) is 82.4 Å². The van der Waals surface area contributed by atoms with E-state index in [1.165, 1.54) is 6.39 Å². The van der Waals surface area contributed by atoms with E-state index in [9.17, 15) is 14.3 Å². The number of amides is 1. The summed E-state index contributed by atoms with van der Waals surface area (Å²) in [5.41, 5.74) is 0.229. The van der Waals surface area contributed by atoms with Crippen molar-refractivity contribution in [2.75, 3.05) is 39.4 Å². The molecule has 27 heavy (non-hydrogen) atoms. The zero-order valence-electron chi connectivity index (χ0n) is 15.7. The van der Waals surface area contributed by atoms with E-state index in [4.69, 9.17) is 4.42 Å². The molecule has 1 saturated carbocycles. The SMILES string of the molecule is O=C(O)N1CCC2(CC(N3CCC(N(CCF)Cc4cnco4)CC3)C2)C1. The van der Waals surface area contributed by atoms with Crippen LogP contribution in [0.3, 0.4) is 0 Å². The molecule has 2 aliphatic heterocycles. The number of alkyl halides is 1. The van der Waals surface area contributed by atoms with Crippen molar-refractivity contribution in [1.82, 2.24) is 19.7 Å². The molecule has 0 atom stereocenters. The summed E-state index contributed by atoms with van der Waals surface area (Å²) in [6.07, 6.45) is 7.67. The second-order valence-corrected chi connectivity index (χ2v) is 8.41. The zero-order chi connectivity index (χ0) is 18.9. The largest absolute Gasteiger partial charge is 0.465 e. The van der Waals surface area contributed by atoms with Crippen molar-refractivity contribution in [1.29, 1.82) is 0 Å². The van der Waals surface area contributed by atoms with Gasteiger partial charge in [-0.05, 0) is 50.6 Å². The molecular formula is C19H29FN4O3. The van der Waals surface area contributed by atoms with Gasteiger partial charge in [-0.25, -0.2) is 14.2 Å². The van der Waals surface area contributed by atoms with E-state index in [1.54, 1.807) is 11.1 Å². The third-order valence-corrected chi connectivity index (χ3v) is 6.79. The van der Waals surface area contributed by atoms with Crippen LogP contribution < -0.4 is 0 Å². The lowest BCUT2D eigenvalue weighted by Crippen LogP contribution is -2.56. The van der Waals surface area contributed by atoms with Crippen LogP contribution in [0.2, 0.25) is 0 Å². The van der Waals surface area contributed by atoms with E-state index in [2.05, 4.69) is 14.8 Å². The Balaban J connectivity index is 1.25. The molecule has 3 aliphatic rings. The highest BCUT2D eigenvalue weighted by Crippen LogP contribution is 2.50. The zero-order valence-corrected chi connectivity index (χ0v) is 15.7. The van der Waals surface area contributed by atoms with Crippen LogP contribution in [0.1, 0.15) is 37.9 Å². The minimum atomic E-state index is -0.782. The fourth-order valence-electron chi connectivity index (χ4n) is 5.27. The molecule has 3 heterocycles. The molecule has 1 amide bonds. The molecule has 150 valence electrons. The first kappa shape index (κ1) is 18.7. The molecule has 0 unspecified atom stereocenters. The van der Waals surface area contributed by atoms with Crippen molar-refractivity contribution in [2.24, 2.45) is 5.41 Å². The molecule has 3 fully saturated rings. The first-order chi connectivity index (χ1) is 13.1. The smallest absolute Gasteiger partial charge is 0.407 e. The van der Waals surface area contributed by atoms with Crippen molar-refractivity contribution in [3.8, 4) is 0 Å². The van der Waals surface area contributed by atoms with Crippen LogP contribution >= 0.6 is 0 Å². The van der Waals surface area contributed by atoms with Crippen molar-refractivity contribution in [3.05, 3.63) is 18.4 Å². The molecule has 0 aromatic carbocycles. The molecule has 0 bridgehead atoms. The van der Waals surface area contributed by atoms with E-state index < -0.39 is 6.09 Å². The van der Waals surface area contributed by atoms with Gasteiger partial charge in [-0.2, -0.15) is 0 Å². The molecule has 4 rings (SSSR count). The number of aromatic nitrogens is 1. The highest BCUT2D eigenvalue weighted by Gasteiger charge is 2.51. The molecule has 1 spiro atoms. The van der Waals surface area contributed by atoms with E-state index in [-0.39, 0.29) is 12.1 Å². The summed E-state index contributed by atoms with van der Waals surface area (Å²) in [6.45, 7) is 4.16. The van der Waals surface area contributed by atoms with Gasteiger partial charge in [0.2, 0.25) is 0 Å². The number of carbonyl (C=O) groups is 1. The fraction of sp³-hybridized carbons (Fsp3) is 0.789. The van der Waals surface area contributed by atoms with Crippen molar-refractivity contribution in [2.45, 2.75) is 50.7 Å². The molecule has 1 aromatic heterocycles. The molecule has 8 heteroatoms. The number of halogens is 1. The fourth-order valence-corrected chi connectivity index (χ4v) is 5.27. The molecule has 7 nitrogen and oxygen atoms in total. The summed E-state index contributed by atoms with van der Waals surface area (Å²) in [7, 11) is 0. The number of nitrogens with zero attached hydrogens (tertiary/aromatic N) is 4. The van der Waals surface area contributed by atoms with Gasteiger partial charge in [0.25, 0.3) is 0 Å². The van der Waals surface area contributed by atoms with Gasteiger partial charge in [-0.1, -0.05) is 0 Å². The second kappa shape index (κ2) is 7.75. The Bertz CT molecular complexity index is 627. The second-order valence-electron chi connectivity index (χ2n) is 8.41. The van der Waals surface area contributed by atoms with Gasteiger partial charge in [-0.15, -0.1) is 0 Å². The molecule has 1 N–H and O–H groups in total. The maximum Gasteiger partial charge on any atom is 0.407 e.